The zero-order valence-corrected chi connectivity index (χ0v) is 10.7. The summed E-state index contributed by atoms with van der Waals surface area (Å²) in [5.41, 5.74) is 1.72. The highest BCUT2D eigenvalue weighted by molar-refractivity contribution is 5.66. The van der Waals surface area contributed by atoms with E-state index in [0.29, 0.717) is 18.2 Å². The third-order valence-corrected chi connectivity index (χ3v) is 3.30. The van der Waals surface area contributed by atoms with E-state index in [-0.39, 0.29) is 6.42 Å². The van der Waals surface area contributed by atoms with Gasteiger partial charge in [-0.05, 0) is 24.6 Å². The first-order valence-corrected chi connectivity index (χ1v) is 6.39. The average Bonchev–Trinajstić information content (AvgIpc) is 2.87. The second-order valence-corrected chi connectivity index (χ2v) is 4.69. The van der Waals surface area contributed by atoms with Crippen molar-refractivity contribution in [3.63, 3.8) is 0 Å². The van der Waals surface area contributed by atoms with Crippen molar-refractivity contribution in [2.24, 2.45) is 0 Å². The molecule has 1 aliphatic rings. The quantitative estimate of drug-likeness (QED) is 0.831. The van der Waals surface area contributed by atoms with Gasteiger partial charge in [0.05, 0.1) is 18.1 Å². The van der Waals surface area contributed by atoms with E-state index in [1.807, 2.05) is 18.2 Å². The van der Waals surface area contributed by atoms with Gasteiger partial charge >= 0.3 is 5.97 Å². The number of nitriles is 1. The van der Waals surface area contributed by atoms with Gasteiger partial charge < -0.3 is 15.3 Å². The molecular formula is C14H17N3O2. The normalized spacial score (nSPS) is 18.3. The molecule has 5 heteroatoms. The van der Waals surface area contributed by atoms with Crippen LogP contribution in [-0.4, -0.2) is 36.8 Å². The molecule has 1 heterocycles. The molecule has 0 bridgehead atoms. The van der Waals surface area contributed by atoms with Crippen LogP contribution >= 0.6 is 0 Å². The van der Waals surface area contributed by atoms with Gasteiger partial charge in [0.15, 0.2) is 0 Å². The number of rotatable bonds is 5. The Morgan fingerprint density at radius 2 is 2.42 bits per heavy atom. The number of carboxylic acids is 1. The maximum absolute atomic E-state index is 10.4. The fourth-order valence-corrected chi connectivity index (χ4v) is 2.32. The van der Waals surface area contributed by atoms with Crippen LogP contribution in [0.2, 0.25) is 0 Å². The molecule has 1 aromatic carbocycles. The first-order valence-electron chi connectivity index (χ1n) is 6.39. The predicted octanol–water partition coefficient (Wildman–Crippen LogP) is 1.20. The summed E-state index contributed by atoms with van der Waals surface area (Å²) in [6.45, 7) is 2.29. The Morgan fingerprint density at radius 3 is 3.16 bits per heavy atom. The van der Waals surface area contributed by atoms with Crippen LogP contribution in [0.1, 0.15) is 18.4 Å². The molecule has 0 amide bonds. The number of benzene rings is 1. The van der Waals surface area contributed by atoms with Gasteiger partial charge in [0.2, 0.25) is 0 Å². The summed E-state index contributed by atoms with van der Waals surface area (Å²) in [6.07, 6.45) is 1.15. The lowest BCUT2D eigenvalue weighted by molar-refractivity contribution is -0.136. The summed E-state index contributed by atoms with van der Waals surface area (Å²) in [4.78, 5) is 12.7. The van der Waals surface area contributed by atoms with E-state index in [0.717, 1.165) is 25.2 Å². The van der Waals surface area contributed by atoms with Crippen molar-refractivity contribution in [1.82, 2.24) is 5.32 Å². The summed E-state index contributed by atoms with van der Waals surface area (Å²) < 4.78 is 0. The molecule has 0 spiro atoms. The third-order valence-electron chi connectivity index (χ3n) is 3.30. The highest BCUT2D eigenvalue weighted by Crippen LogP contribution is 2.21. The maximum Gasteiger partial charge on any atom is 0.304 e. The molecule has 0 radical (unpaired) electrons. The van der Waals surface area contributed by atoms with E-state index in [1.165, 1.54) is 0 Å². The lowest BCUT2D eigenvalue weighted by atomic mass is 10.2. The molecule has 1 fully saturated rings. The van der Waals surface area contributed by atoms with Crippen molar-refractivity contribution in [2.75, 3.05) is 24.5 Å². The van der Waals surface area contributed by atoms with Crippen LogP contribution in [-0.2, 0) is 4.79 Å². The van der Waals surface area contributed by atoms with Crippen LogP contribution in [0, 0.1) is 11.3 Å². The fraction of sp³-hybridized carbons (Fsp3) is 0.429. The minimum absolute atomic E-state index is 0.153. The molecule has 0 aliphatic carbocycles. The van der Waals surface area contributed by atoms with Crippen LogP contribution in [0.5, 0.6) is 0 Å². The molecule has 1 aromatic rings. The third kappa shape index (κ3) is 3.70. The number of hydrogen-bond acceptors (Lipinski definition) is 4. The molecule has 1 unspecified atom stereocenters. The molecule has 100 valence electrons. The Bertz CT molecular complexity index is 496. The first-order chi connectivity index (χ1) is 9.19. The van der Waals surface area contributed by atoms with E-state index in [1.54, 1.807) is 6.07 Å². The lowest BCUT2D eigenvalue weighted by Gasteiger charge is -2.19. The van der Waals surface area contributed by atoms with Gasteiger partial charge in [-0.1, -0.05) is 6.07 Å². The SMILES string of the molecule is N#Cc1cccc(N2CCC(NCCC(=O)O)C2)c1. The van der Waals surface area contributed by atoms with Crippen molar-refractivity contribution in [2.45, 2.75) is 18.9 Å². The summed E-state index contributed by atoms with van der Waals surface area (Å²) in [5, 5.41) is 20.7. The Kier molecular flexibility index (Phi) is 4.37. The van der Waals surface area contributed by atoms with E-state index in [4.69, 9.17) is 10.4 Å². The van der Waals surface area contributed by atoms with Crippen LogP contribution in [0.4, 0.5) is 5.69 Å². The van der Waals surface area contributed by atoms with Gasteiger partial charge in [-0.2, -0.15) is 5.26 Å². The van der Waals surface area contributed by atoms with Crippen molar-refractivity contribution in [3.8, 4) is 6.07 Å². The predicted molar refractivity (Wildman–Crippen MR) is 72.0 cm³/mol. The second kappa shape index (κ2) is 6.21. The first kappa shape index (κ1) is 13.4. The van der Waals surface area contributed by atoms with Gasteiger partial charge in [-0.25, -0.2) is 0 Å². The smallest absolute Gasteiger partial charge is 0.304 e. The number of nitrogens with one attached hydrogen (secondary N) is 1. The topological polar surface area (TPSA) is 76.4 Å². The Labute approximate surface area is 112 Å². The van der Waals surface area contributed by atoms with Crippen LogP contribution in [0.15, 0.2) is 24.3 Å². The van der Waals surface area contributed by atoms with Crippen LogP contribution < -0.4 is 10.2 Å². The van der Waals surface area contributed by atoms with E-state index >= 15 is 0 Å². The van der Waals surface area contributed by atoms with Crippen molar-refractivity contribution in [1.29, 1.82) is 5.26 Å². The number of carbonyl (C=O) groups is 1. The van der Waals surface area contributed by atoms with Crippen LogP contribution in [0.25, 0.3) is 0 Å². The Morgan fingerprint density at radius 1 is 1.58 bits per heavy atom. The highest BCUT2D eigenvalue weighted by Gasteiger charge is 2.22. The summed E-state index contributed by atoms with van der Waals surface area (Å²) >= 11 is 0. The van der Waals surface area contributed by atoms with Gasteiger partial charge in [0.25, 0.3) is 0 Å². The van der Waals surface area contributed by atoms with Gasteiger partial charge in [0.1, 0.15) is 0 Å². The lowest BCUT2D eigenvalue weighted by Crippen LogP contribution is -2.33. The molecule has 0 aromatic heterocycles. The molecule has 1 aliphatic heterocycles. The van der Waals surface area contributed by atoms with E-state index in [9.17, 15) is 4.79 Å². The van der Waals surface area contributed by atoms with Crippen LogP contribution in [0.3, 0.4) is 0 Å². The minimum Gasteiger partial charge on any atom is -0.481 e. The maximum atomic E-state index is 10.4. The standard InChI is InChI=1S/C14H17N3O2/c15-9-11-2-1-3-13(8-11)17-7-5-12(10-17)16-6-4-14(18)19/h1-3,8,12,16H,4-7,10H2,(H,18,19). The Balaban J connectivity index is 1.87. The zero-order chi connectivity index (χ0) is 13.7. The number of nitrogens with zero attached hydrogens (tertiary/aromatic N) is 2. The molecule has 2 rings (SSSR count). The van der Waals surface area contributed by atoms with Gasteiger partial charge in [-0.3, -0.25) is 4.79 Å². The number of anilines is 1. The van der Waals surface area contributed by atoms with E-state index < -0.39 is 5.97 Å². The molecule has 1 saturated heterocycles. The summed E-state index contributed by atoms with van der Waals surface area (Å²) in [7, 11) is 0. The number of aliphatic carboxylic acids is 1. The number of hydrogen-bond donors (Lipinski definition) is 2. The molecular weight excluding hydrogens is 242 g/mol. The second-order valence-electron chi connectivity index (χ2n) is 4.69. The highest BCUT2D eigenvalue weighted by atomic mass is 16.4. The molecule has 1 atom stereocenters. The van der Waals surface area contributed by atoms with Gasteiger partial charge in [0, 0.05) is 31.4 Å². The fourth-order valence-electron chi connectivity index (χ4n) is 2.32. The summed E-state index contributed by atoms with van der Waals surface area (Å²) in [5.74, 6) is -0.774. The number of carboxylic acid groups (broad SMARTS) is 1. The monoisotopic (exact) mass is 259 g/mol. The average molecular weight is 259 g/mol. The molecule has 0 saturated carbocycles. The van der Waals surface area contributed by atoms with Crippen molar-refractivity contribution >= 4 is 11.7 Å². The zero-order valence-electron chi connectivity index (χ0n) is 10.7. The van der Waals surface area contributed by atoms with E-state index in [2.05, 4.69) is 16.3 Å². The summed E-state index contributed by atoms with van der Waals surface area (Å²) in [6, 6.07) is 10.0. The molecule has 5 nitrogen and oxygen atoms in total. The molecule has 19 heavy (non-hydrogen) atoms. The van der Waals surface area contributed by atoms with Crippen molar-refractivity contribution in [3.05, 3.63) is 29.8 Å². The Hall–Kier alpha value is -2.06. The largest absolute Gasteiger partial charge is 0.481 e. The minimum atomic E-state index is -0.774. The molecule has 2 N–H and O–H groups in total. The van der Waals surface area contributed by atoms with Crippen molar-refractivity contribution < 1.29 is 9.90 Å². The van der Waals surface area contributed by atoms with Gasteiger partial charge in [-0.15, -0.1) is 0 Å².